The van der Waals surface area contributed by atoms with Crippen LogP contribution in [0.5, 0.6) is 0 Å². The number of aromatic nitrogens is 2. The molecule has 3 N–H and O–H groups in total. The van der Waals surface area contributed by atoms with Crippen molar-refractivity contribution in [3.05, 3.63) is 33.9 Å². The van der Waals surface area contributed by atoms with Gasteiger partial charge in [0.05, 0.1) is 10.0 Å². The van der Waals surface area contributed by atoms with Crippen molar-refractivity contribution >= 4 is 29.0 Å². The number of aromatic amines is 1. The molecule has 104 valence electrons. The van der Waals surface area contributed by atoms with E-state index in [9.17, 15) is 0 Å². The van der Waals surface area contributed by atoms with Gasteiger partial charge in [-0.2, -0.15) is 5.10 Å². The van der Waals surface area contributed by atoms with E-state index in [1.807, 2.05) is 18.2 Å². The summed E-state index contributed by atoms with van der Waals surface area (Å²) in [6, 6.07) is 5.52. The first kappa shape index (κ1) is 12.5. The predicted octanol–water partition coefficient (Wildman–Crippen LogP) is 4.48. The van der Waals surface area contributed by atoms with E-state index in [0.29, 0.717) is 21.8 Å². The van der Waals surface area contributed by atoms with Crippen LogP contribution in [0.2, 0.25) is 10.0 Å². The fraction of sp³-hybridized carbons (Fsp3) is 0.400. The summed E-state index contributed by atoms with van der Waals surface area (Å²) in [5.74, 6) is 2.61. The van der Waals surface area contributed by atoms with Crippen LogP contribution in [0.4, 0.5) is 5.82 Å². The van der Waals surface area contributed by atoms with Crippen LogP contribution in [0.1, 0.15) is 30.9 Å². The molecule has 5 heteroatoms. The Labute approximate surface area is 127 Å². The summed E-state index contributed by atoms with van der Waals surface area (Å²) in [7, 11) is 0. The van der Waals surface area contributed by atoms with Crippen molar-refractivity contribution in [2.24, 2.45) is 11.8 Å². The molecular weight excluding hydrogens is 293 g/mol. The number of nitrogens with two attached hydrogens (primary N) is 1. The van der Waals surface area contributed by atoms with Crippen molar-refractivity contribution in [1.29, 1.82) is 0 Å². The van der Waals surface area contributed by atoms with Crippen LogP contribution in [0, 0.1) is 11.8 Å². The number of hydrogen-bond donors (Lipinski definition) is 2. The number of H-pyrrole nitrogens is 1. The van der Waals surface area contributed by atoms with Gasteiger partial charge in [-0.15, -0.1) is 0 Å². The van der Waals surface area contributed by atoms with Crippen LogP contribution in [0.15, 0.2) is 18.2 Å². The largest absolute Gasteiger partial charge is 0.382 e. The SMILES string of the molecule is Nc1n[nH]c(C2C3CCCC32)c1-c1c(Cl)cccc1Cl. The number of nitrogens with one attached hydrogen (secondary N) is 1. The van der Waals surface area contributed by atoms with Gasteiger partial charge in [0, 0.05) is 22.7 Å². The first-order valence-corrected chi connectivity index (χ1v) is 7.72. The number of hydrogen-bond acceptors (Lipinski definition) is 2. The molecule has 2 aromatic rings. The van der Waals surface area contributed by atoms with Gasteiger partial charge in [-0.1, -0.05) is 35.7 Å². The number of nitrogens with zero attached hydrogens (tertiary/aromatic N) is 1. The van der Waals surface area contributed by atoms with Crippen molar-refractivity contribution in [3.8, 4) is 11.1 Å². The van der Waals surface area contributed by atoms with Gasteiger partial charge >= 0.3 is 0 Å². The van der Waals surface area contributed by atoms with E-state index < -0.39 is 0 Å². The third-order valence-corrected chi connectivity index (χ3v) is 5.40. The zero-order valence-electron chi connectivity index (χ0n) is 10.9. The molecule has 2 atom stereocenters. The van der Waals surface area contributed by atoms with Crippen molar-refractivity contribution < 1.29 is 0 Å². The number of rotatable bonds is 2. The van der Waals surface area contributed by atoms with Gasteiger partial charge in [-0.3, -0.25) is 5.10 Å². The Balaban J connectivity index is 1.84. The molecule has 2 aliphatic carbocycles. The minimum Gasteiger partial charge on any atom is -0.382 e. The minimum atomic E-state index is 0.486. The molecule has 2 fully saturated rings. The molecule has 0 saturated heterocycles. The Morgan fingerprint density at radius 1 is 1.10 bits per heavy atom. The maximum absolute atomic E-state index is 6.33. The quantitative estimate of drug-likeness (QED) is 0.859. The maximum atomic E-state index is 6.33. The molecule has 1 heterocycles. The van der Waals surface area contributed by atoms with E-state index in [0.717, 1.165) is 28.7 Å². The molecular formula is C15H15Cl2N3. The smallest absolute Gasteiger partial charge is 0.153 e. The van der Waals surface area contributed by atoms with Gasteiger partial charge in [-0.25, -0.2) is 0 Å². The topological polar surface area (TPSA) is 54.7 Å². The average molecular weight is 308 g/mol. The lowest BCUT2D eigenvalue weighted by atomic mass is 9.99. The minimum absolute atomic E-state index is 0.486. The van der Waals surface area contributed by atoms with Gasteiger partial charge < -0.3 is 5.73 Å². The highest BCUT2D eigenvalue weighted by Gasteiger charge is 2.55. The van der Waals surface area contributed by atoms with E-state index in [1.165, 1.54) is 19.3 Å². The van der Waals surface area contributed by atoms with E-state index in [-0.39, 0.29) is 0 Å². The summed E-state index contributed by atoms with van der Waals surface area (Å²) in [6.07, 6.45) is 3.96. The van der Waals surface area contributed by atoms with Crippen molar-refractivity contribution in [2.75, 3.05) is 5.73 Å². The second-order valence-electron chi connectivity index (χ2n) is 5.78. The van der Waals surface area contributed by atoms with Crippen LogP contribution >= 0.6 is 23.2 Å². The second-order valence-corrected chi connectivity index (χ2v) is 6.59. The summed E-state index contributed by atoms with van der Waals surface area (Å²) < 4.78 is 0. The van der Waals surface area contributed by atoms with Gasteiger partial charge in [0.15, 0.2) is 5.82 Å². The Morgan fingerprint density at radius 3 is 2.40 bits per heavy atom. The van der Waals surface area contributed by atoms with Crippen LogP contribution < -0.4 is 5.73 Å². The monoisotopic (exact) mass is 307 g/mol. The third-order valence-electron chi connectivity index (χ3n) is 4.77. The first-order chi connectivity index (χ1) is 9.68. The fourth-order valence-electron chi connectivity index (χ4n) is 3.86. The molecule has 2 unspecified atom stereocenters. The van der Waals surface area contributed by atoms with E-state index in [4.69, 9.17) is 28.9 Å². The summed E-state index contributed by atoms with van der Waals surface area (Å²) in [4.78, 5) is 0. The van der Waals surface area contributed by atoms with Crippen molar-refractivity contribution in [3.63, 3.8) is 0 Å². The summed E-state index contributed by atoms with van der Waals surface area (Å²) in [5, 5.41) is 8.57. The highest BCUT2D eigenvalue weighted by atomic mass is 35.5. The molecule has 4 rings (SSSR count). The van der Waals surface area contributed by atoms with Gasteiger partial charge in [0.1, 0.15) is 0 Å². The Kier molecular flexibility index (Phi) is 2.76. The number of nitrogen functional groups attached to an aromatic ring is 1. The van der Waals surface area contributed by atoms with Crippen molar-refractivity contribution in [1.82, 2.24) is 10.2 Å². The van der Waals surface area contributed by atoms with Crippen LogP contribution in [0.25, 0.3) is 11.1 Å². The van der Waals surface area contributed by atoms with E-state index in [2.05, 4.69) is 10.2 Å². The normalized spacial score (nSPS) is 27.6. The molecule has 1 aromatic heterocycles. The maximum Gasteiger partial charge on any atom is 0.153 e. The lowest BCUT2D eigenvalue weighted by Crippen LogP contribution is -1.94. The zero-order chi connectivity index (χ0) is 13.9. The lowest BCUT2D eigenvalue weighted by molar-refractivity contribution is 0.670. The zero-order valence-corrected chi connectivity index (χ0v) is 12.4. The highest BCUT2D eigenvalue weighted by Crippen LogP contribution is 2.64. The first-order valence-electron chi connectivity index (χ1n) is 6.96. The molecule has 0 aliphatic heterocycles. The Morgan fingerprint density at radius 2 is 1.75 bits per heavy atom. The van der Waals surface area contributed by atoms with Crippen LogP contribution in [0.3, 0.4) is 0 Å². The molecule has 0 spiro atoms. The fourth-order valence-corrected chi connectivity index (χ4v) is 4.45. The van der Waals surface area contributed by atoms with Crippen LogP contribution in [-0.2, 0) is 0 Å². The molecule has 0 bridgehead atoms. The molecule has 0 radical (unpaired) electrons. The second kappa shape index (κ2) is 4.40. The lowest BCUT2D eigenvalue weighted by Gasteiger charge is -2.09. The summed E-state index contributed by atoms with van der Waals surface area (Å²) >= 11 is 12.7. The van der Waals surface area contributed by atoms with Crippen LogP contribution in [-0.4, -0.2) is 10.2 Å². The molecule has 2 saturated carbocycles. The predicted molar refractivity (Wildman–Crippen MR) is 82.0 cm³/mol. The Bertz CT molecular complexity index is 650. The number of anilines is 1. The Hall–Kier alpha value is -1.19. The van der Waals surface area contributed by atoms with Crippen molar-refractivity contribution in [2.45, 2.75) is 25.2 Å². The standard InChI is InChI=1S/C15H15Cl2N3/c16-9-5-2-6-10(17)12(9)13-14(19-20-15(13)18)11-7-3-1-4-8(7)11/h2,5-8,11H,1,3-4H2,(H3,18,19,20). The van der Waals surface area contributed by atoms with E-state index >= 15 is 0 Å². The van der Waals surface area contributed by atoms with Gasteiger partial charge in [0.2, 0.25) is 0 Å². The third kappa shape index (κ3) is 1.69. The van der Waals surface area contributed by atoms with Gasteiger partial charge in [0.25, 0.3) is 0 Å². The summed E-state index contributed by atoms with van der Waals surface area (Å²) in [5.41, 5.74) is 8.90. The highest BCUT2D eigenvalue weighted by molar-refractivity contribution is 6.39. The molecule has 1 aromatic carbocycles. The molecule has 3 nitrogen and oxygen atoms in total. The summed E-state index contributed by atoms with van der Waals surface area (Å²) in [6.45, 7) is 0. The van der Waals surface area contributed by atoms with E-state index in [1.54, 1.807) is 0 Å². The number of benzene rings is 1. The molecule has 2 aliphatic rings. The molecule has 0 amide bonds. The average Bonchev–Trinajstić information content (AvgIpc) is 2.76. The molecule has 20 heavy (non-hydrogen) atoms. The van der Waals surface area contributed by atoms with Gasteiger partial charge in [-0.05, 0) is 36.8 Å². The number of halogens is 2. The number of fused-ring (bicyclic) bond motifs is 1.